The van der Waals surface area contributed by atoms with Gasteiger partial charge in [-0.2, -0.15) is 0 Å². The maximum Gasteiger partial charge on any atom is 0.228 e. The Balaban J connectivity index is 2.30. The van der Waals surface area contributed by atoms with Gasteiger partial charge in [-0.25, -0.2) is 4.98 Å². The second-order valence-corrected chi connectivity index (χ2v) is 3.85. The van der Waals surface area contributed by atoms with Crippen LogP contribution in [0.1, 0.15) is 25.3 Å². The van der Waals surface area contributed by atoms with Crippen LogP contribution < -0.4 is 4.90 Å². The molecule has 3 heteroatoms. The van der Waals surface area contributed by atoms with Gasteiger partial charge in [0.1, 0.15) is 5.82 Å². The van der Waals surface area contributed by atoms with Gasteiger partial charge >= 0.3 is 0 Å². The molecule has 1 aliphatic rings. The van der Waals surface area contributed by atoms with E-state index in [0.717, 1.165) is 17.8 Å². The summed E-state index contributed by atoms with van der Waals surface area (Å²) in [6.45, 7) is 4.05. The number of carbonyl (C=O) groups is 1. The van der Waals surface area contributed by atoms with Gasteiger partial charge < -0.3 is 0 Å². The molecule has 0 N–H and O–H groups in total. The van der Waals surface area contributed by atoms with E-state index in [4.69, 9.17) is 0 Å². The fraction of sp³-hybridized carbons (Fsp3) is 0.455. The molecule has 1 atom stereocenters. The Kier molecular flexibility index (Phi) is 2.23. The molecular weight excluding hydrogens is 176 g/mol. The smallest absolute Gasteiger partial charge is 0.228 e. The van der Waals surface area contributed by atoms with Gasteiger partial charge in [-0.15, -0.1) is 0 Å². The first-order chi connectivity index (χ1) is 6.68. The van der Waals surface area contributed by atoms with E-state index in [-0.39, 0.29) is 11.9 Å². The SMILES string of the molecule is Cc1ccc(N2C(=O)CCC2C)nc1. The van der Waals surface area contributed by atoms with E-state index in [1.807, 2.05) is 19.1 Å². The minimum absolute atomic E-state index is 0.189. The van der Waals surface area contributed by atoms with Gasteiger partial charge in [-0.1, -0.05) is 6.07 Å². The quantitative estimate of drug-likeness (QED) is 0.677. The highest BCUT2D eigenvalue weighted by molar-refractivity contribution is 5.95. The van der Waals surface area contributed by atoms with E-state index in [9.17, 15) is 4.79 Å². The van der Waals surface area contributed by atoms with E-state index in [1.165, 1.54) is 0 Å². The molecule has 1 aromatic heterocycles. The number of anilines is 1. The van der Waals surface area contributed by atoms with Crippen LogP contribution in [0.15, 0.2) is 18.3 Å². The summed E-state index contributed by atoms with van der Waals surface area (Å²) in [5, 5.41) is 0. The number of amides is 1. The van der Waals surface area contributed by atoms with Crippen molar-refractivity contribution in [2.45, 2.75) is 32.7 Å². The van der Waals surface area contributed by atoms with Gasteiger partial charge in [0, 0.05) is 18.7 Å². The average molecular weight is 190 g/mol. The van der Waals surface area contributed by atoms with Crippen LogP contribution in [0.5, 0.6) is 0 Å². The zero-order chi connectivity index (χ0) is 10.1. The molecule has 0 aliphatic carbocycles. The summed E-state index contributed by atoms with van der Waals surface area (Å²) >= 11 is 0. The van der Waals surface area contributed by atoms with Crippen molar-refractivity contribution in [3.05, 3.63) is 23.9 Å². The highest BCUT2D eigenvalue weighted by Gasteiger charge is 2.29. The van der Waals surface area contributed by atoms with Crippen molar-refractivity contribution in [1.82, 2.24) is 4.98 Å². The lowest BCUT2D eigenvalue weighted by Gasteiger charge is -2.20. The maximum atomic E-state index is 11.6. The lowest BCUT2D eigenvalue weighted by atomic mass is 10.2. The first-order valence-corrected chi connectivity index (χ1v) is 4.93. The fourth-order valence-electron chi connectivity index (χ4n) is 1.78. The predicted molar refractivity (Wildman–Crippen MR) is 55.2 cm³/mol. The maximum absolute atomic E-state index is 11.6. The van der Waals surface area contributed by atoms with Crippen LogP contribution in [0.4, 0.5) is 5.82 Å². The van der Waals surface area contributed by atoms with Crippen LogP contribution in [0.25, 0.3) is 0 Å². The molecule has 1 fully saturated rings. The van der Waals surface area contributed by atoms with E-state index >= 15 is 0 Å². The fourth-order valence-corrected chi connectivity index (χ4v) is 1.78. The Morgan fingerprint density at radius 3 is 2.79 bits per heavy atom. The Hall–Kier alpha value is -1.38. The largest absolute Gasteiger partial charge is 0.294 e. The standard InChI is InChI=1S/C11H14N2O/c1-8-3-5-10(12-7-8)13-9(2)4-6-11(13)14/h3,5,7,9H,4,6H2,1-2H3. The minimum atomic E-state index is 0.189. The molecular formula is C11H14N2O. The number of hydrogen-bond acceptors (Lipinski definition) is 2. The first kappa shape index (κ1) is 9.19. The van der Waals surface area contributed by atoms with Gasteiger partial charge in [0.05, 0.1) is 0 Å². The number of aromatic nitrogens is 1. The number of nitrogens with zero attached hydrogens (tertiary/aromatic N) is 2. The van der Waals surface area contributed by atoms with Crippen LogP contribution in [-0.4, -0.2) is 16.9 Å². The molecule has 2 heterocycles. The van der Waals surface area contributed by atoms with Crippen molar-refractivity contribution in [3.8, 4) is 0 Å². The zero-order valence-corrected chi connectivity index (χ0v) is 8.53. The topological polar surface area (TPSA) is 33.2 Å². The lowest BCUT2D eigenvalue weighted by Crippen LogP contribution is -2.31. The molecule has 1 unspecified atom stereocenters. The second kappa shape index (κ2) is 3.40. The van der Waals surface area contributed by atoms with Gasteiger partial charge in [0.25, 0.3) is 0 Å². The second-order valence-electron chi connectivity index (χ2n) is 3.85. The van der Waals surface area contributed by atoms with Crippen LogP contribution in [-0.2, 0) is 4.79 Å². The molecule has 3 nitrogen and oxygen atoms in total. The summed E-state index contributed by atoms with van der Waals surface area (Å²) in [5.74, 6) is 0.972. The van der Waals surface area contributed by atoms with Gasteiger partial charge in [0.2, 0.25) is 5.91 Å². The van der Waals surface area contributed by atoms with Crippen molar-refractivity contribution in [1.29, 1.82) is 0 Å². The zero-order valence-electron chi connectivity index (χ0n) is 8.53. The van der Waals surface area contributed by atoms with E-state index in [1.54, 1.807) is 11.1 Å². The number of carbonyl (C=O) groups excluding carboxylic acids is 1. The van der Waals surface area contributed by atoms with Crippen molar-refractivity contribution >= 4 is 11.7 Å². The monoisotopic (exact) mass is 190 g/mol. The molecule has 0 bridgehead atoms. The molecule has 74 valence electrons. The molecule has 1 aromatic rings. The van der Waals surface area contributed by atoms with Crippen molar-refractivity contribution in [2.24, 2.45) is 0 Å². The van der Waals surface area contributed by atoms with Crippen molar-refractivity contribution < 1.29 is 4.79 Å². The molecule has 0 spiro atoms. The number of pyridine rings is 1. The molecule has 0 radical (unpaired) electrons. The Bertz CT molecular complexity index is 345. The molecule has 1 saturated heterocycles. The Morgan fingerprint density at radius 2 is 2.29 bits per heavy atom. The Labute approximate surface area is 83.8 Å². The molecule has 14 heavy (non-hydrogen) atoms. The van der Waals surface area contributed by atoms with Gasteiger partial charge in [-0.3, -0.25) is 9.69 Å². The van der Waals surface area contributed by atoms with Crippen molar-refractivity contribution in [2.75, 3.05) is 4.90 Å². The molecule has 1 amide bonds. The number of hydrogen-bond donors (Lipinski definition) is 0. The Morgan fingerprint density at radius 1 is 1.50 bits per heavy atom. The molecule has 0 saturated carbocycles. The van der Waals surface area contributed by atoms with Crippen LogP contribution in [0.3, 0.4) is 0 Å². The third-order valence-electron chi connectivity index (χ3n) is 2.63. The predicted octanol–water partition coefficient (Wildman–Crippen LogP) is 1.91. The van der Waals surface area contributed by atoms with Crippen molar-refractivity contribution in [3.63, 3.8) is 0 Å². The van der Waals surface area contributed by atoms with Gasteiger partial charge in [0.15, 0.2) is 0 Å². The summed E-state index contributed by atoms with van der Waals surface area (Å²) in [6, 6.07) is 4.19. The van der Waals surface area contributed by atoms with Gasteiger partial charge in [-0.05, 0) is 31.9 Å². The number of rotatable bonds is 1. The number of aryl methyl sites for hydroxylation is 1. The summed E-state index contributed by atoms with van der Waals surface area (Å²) in [5.41, 5.74) is 1.12. The first-order valence-electron chi connectivity index (χ1n) is 4.93. The summed E-state index contributed by atoms with van der Waals surface area (Å²) in [6.07, 6.45) is 3.39. The average Bonchev–Trinajstić information content (AvgIpc) is 2.49. The van der Waals surface area contributed by atoms with Crippen LogP contribution in [0.2, 0.25) is 0 Å². The van der Waals surface area contributed by atoms with Crippen LogP contribution >= 0.6 is 0 Å². The lowest BCUT2D eigenvalue weighted by molar-refractivity contribution is -0.117. The molecule has 2 rings (SSSR count). The normalized spacial score (nSPS) is 21.7. The highest BCUT2D eigenvalue weighted by atomic mass is 16.2. The molecule has 0 aromatic carbocycles. The van der Waals surface area contributed by atoms with E-state index < -0.39 is 0 Å². The summed E-state index contributed by atoms with van der Waals surface area (Å²) < 4.78 is 0. The van der Waals surface area contributed by atoms with E-state index in [2.05, 4.69) is 11.9 Å². The molecule has 1 aliphatic heterocycles. The third kappa shape index (κ3) is 1.50. The minimum Gasteiger partial charge on any atom is -0.294 e. The van der Waals surface area contributed by atoms with Crippen LogP contribution in [0, 0.1) is 6.92 Å². The summed E-state index contributed by atoms with van der Waals surface area (Å²) in [7, 11) is 0. The third-order valence-corrected chi connectivity index (χ3v) is 2.63. The van der Waals surface area contributed by atoms with E-state index in [0.29, 0.717) is 6.42 Å². The highest BCUT2D eigenvalue weighted by Crippen LogP contribution is 2.24. The summed E-state index contributed by atoms with van der Waals surface area (Å²) in [4.78, 5) is 17.6.